The van der Waals surface area contributed by atoms with Crippen molar-refractivity contribution in [3.63, 3.8) is 0 Å². The number of para-hydroxylation sites is 1. The van der Waals surface area contributed by atoms with Crippen molar-refractivity contribution in [3.8, 4) is 11.5 Å². The molecule has 6 heteroatoms. The van der Waals surface area contributed by atoms with Crippen LogP contribution in [-0.4, -0.2) is 18.7 Å². The Balaban J connectivity index is 1.48. The highest BCUT2D eigenvalue weighted by Gasteiger charge is 2.11. The Morgan fingerprint density at radius 1 is 0.939 bits per heavy atom. The second kappa shape index (κ2) is 13.4. The zero-order chi connectivity index (χ0) is 23.3. The van der Waals surface area contributed by atoms with Gasteiger partial charge in [-0.05, 0) is 66.1 Å². The summed E-state index contributed by atoms with van der Waals surface area (Å²) in [5.41, 5.74) is 5.00. The Bertz CT molecular complexity index is 1030. The van der Waals surface area contributed by atoms with E-state index < -0.39 is 0 Å². The Morgan fingerprint density at radius 3 is 2.45 bits per heavy atom. The van der Waals surface area contributed by atoms with E-state index in [1.807, 2.05) is 66.7 Å². The standard InChI is InChI=1S/C27H29BrN2O3/c1-2-3-4-7-18-32-26-9-6-5-8-25(26)27(31)30-29-19-21-12-16-24(17-13-21)33-20-22-10-14-23(28)15-11-22/h5-6,8-17,19H,2-4,7,18,20H2,1H3,(H,30,31)/b29-19-. The van der Waals surface area contributed by atoms with Crippen LogP contribution < -0.4 is 14.9 Å². The number of halogens is 1. The topological polar surface area (TPSA) is 59.9 Å². The van der Waals surface area contributed by atoms with Crippen molar-refractivity contribution in [1.29, 1.82) is 0 Å². The highest BCUT2D eigenvalue weighted by molar-refractivity contribution is 9.10. The van der Waals surface area contributed by atoms with Crippen LogP contribution in [0.2, 0.25) is 0 Å². The van der Waals surface area contributed by atoms with Gasteiger partial charge in [-0.1, -0.05) is 66.4 Å². The quantitative estimate of drug-likeness (QED) is 0.167. The van der Waals surface area contributed by atoms with Crippen molar-refractivity contribution < 1.29 is 14.3 Å². The lowest BCUT2D eigenvalue weighted by Crippen LogP contribution is -2.18. The molecule has 0 radical (unpaired) electrons. The second-order valence-corrected chi connectivity index (χ2v) is 8.50. The molecule has 33 heavy (non-hydrogen) atoms. The third kappa shape index (κ3) is 8.39. The number of hydrazone groups is 1. The largest absolute Gasteiger partial charge is 0.493 e. The summed E-state index contributed by atoms with van der Waals surface area (Å²) in [4.78, 5) is 12.6. The molecule has 5 nitrogen and oxygen atoms in total. The van der Waals surface area contributed by atoms with Crippen molar-refractivity contribution in [1.82, 2.24) is 5.43 Å². The molecular formula is C27H29BrN2O3. The van der Waals surface area contributed by atoms with Gasteiger partial charge in [-0.25, -0.2) is 5.43 Å². The highest BCUT2D eigenvalue weighted by Crippen LogP contribution is 2.19. The van der Waals surface area contributed by atoms with Crippen LogP contribution >= 0.6 is 15.9 Å². The van der Waals surface area contributed by atoms with Gasteiger partial charge in [0, 0.05) is 4.47 Å². The first-order chi connectivity index (χ1) is 16.2. The van der Waals surface area contributed by atoms with Crippen molar-refractivity contribution in [2.45, 2.75) is 39.2 Å². The fraction of sp³-hybridized carbons (Fsp3) is 0.259. The summed E-state index contributed by atoms with van der Waals surface area (Å²) >= 11 is 3.43. The van der Waals surface area contributed by atoms with Crippen LogP contribution in [0.15, 0.2) is 82.4 Å². The molecular weight excluding hydrogens is 480 g/mol. The molecule has 0 aliphatic carbocycles. The summed E-state index contributed by atoms with van der Waals surface area (Å²) in [5.74, 6) is 1.04. The van der Waals surface area contributed by atoms with Gasteiger partial charge in [0.15, 0.2) is 0 Å². The zero-order valence-corrected chi connectivity index (χ0v) is 20.4. The van der Waals surface area contributed by atoms with E-state index in [1.165, 1.54) is 12.8 Å². The van der Waals surface area contributed by atoms with E-state index in [9.17, 15) is 4.79 Å². The van der Waals surface area contributed by atoms with E-state index >= 15 is 0 Å². The summed E-state index contributed by atoms with van der Waals surface area (Å²) in [6.07, 6.45) is 6.08. The number of carbonyl (C=O) groups excluding carboxylic acids is 1. The Morgan fingerprint density at radius 2 is 1.70 bits per heavy atom. The number of carbonyl (C=O) groups is 1. The number of unbranched alkanes of at least 4 members (excludes halogenated alkanes) is 3. The number of rotatable bonds is 12. The van der Waals surface area contributed by atoms with Crippen LogP contribution in [-0.2, 0) is 6.61 Å². The van der Waals surface area contributed by atoms with Gasteiger partial charge in [-0.2, -0.15) is 5.10 Å². The molecule has 0 spiro atoms. The smallest absolute Gasteiger partial charge is 0.275 e. The average Bonchev–Trinajstić information content (AvgIpc) is 2.84. The Hall–Kier alpha value is -3.12. The minimum absolute atomic E-state index is 0.301. The molecule has 0 fully saturated rings. The Kier molecular flexibility index (Phi) is 9.98. The van der Waals surface area contributed by atoms with Gasteiger partial charge in [0.25, 0.3) is 5.91 Å². The minimum Gasteiger partial charge on any atom is -0.493 e. The van der Waals surface area contributed by atoms with E-state index in [0.717, 1.165) is 34.2 Å². The molecule has 1 amide bonds. The normalized spacial score (nSPS) is 10.8. The average molecular weight is 509 g/mol. The van der Waals surface area contributed by atoms with Gasteiger partial charge in [0.2, 0.25) is 0 Å². The van der Waals surface area contributed by atoms with E-state index in [1.54, 1.807) is 12.3 Å². The van der Waals surface area contributed by atoms with Gasteiger partial charge in [0.05, 0.1) is 18.4 Å². The molecule has 0 aromatic heterocycles. The summed E-state index contributed by atoms with van der Waals surface area (Å²) in [6, 6.07) is 22.8. The predicted molar refractivity (Wildman–Crippen MR) is 136 cm³/mol. The maximum absolute atomic E-state index is 12.6. The second-order valence-electron chi connectivity index (χ2n) is 7.59. The third-order valence-corrected chi connectivity index (χ3v) is 5.49. The fourth-order valence-corrected chi connectivity index (χ4v) is 3.38. The van der Waals surface area contributed by atoms with Crippen LogP contribution in [0.1, 0.15) is 54.1 Å². The van der Waals surface area contributed by atoms with Crippen LogP contribution in [0, 0.1) is 0 Å². The first-order valence-corrected chi connectivity index (χ1v) is 12.0. The van der Waals surface area contributed by atoms with Crippen molar-refractivity contribution in [2.24, 2.45) is 5.10 Å². The number of ether oxygens (including phenoxy) is 2. The first-order valence-electron chi connectivity index (χ1n) is 11.2. The summed E-state index contributed by atoms with van der Waals surface area (Å²) < 4.78 is 12.7. The molecule has 3 rings (SSSR count). The van der Waals surface area contributed by atoms with Gasteiger partial charge in [-0.15, -0.1) is 0 Å². The van der Waals surface area contributed by atoms with E-state index in [2.05, 4.69) is 33.4 Å². The monoisotopic (exact) mass is 508 g/mol. The molecule has 0 bridgehead atoms. The van der Waals surface area contributed by atoms with E-state index in [0.29, 0.717) is 24.5 Å². The lowest BCUT2D eigenvalue weighted by atomic mass is 10.2. The number of benzene rings is 3. The molecule has 3 aromatic rings. The van der Waals surface area contributed by atoms with Crippen molar-refractivity contribution >= 4 is 28.1 Å². The van der Waals surface area contributed by atoms with Gasteiger partial charge < -0.3 is 9.47 Å². The molecule has 0 atom stereocenters. The van der Waals surface area contributed by atoms with Crippen LogP contribution in [0.3, 0.4) is 0 Å². The van der Waals surface area contributed by atoms with Crippen molar-refractivity contribution in [2.75, 3.05) is 6.61 Å². The number of nitrogens with zero attached hydrogens (tertiary/aromatic N) is 1. The predicted octanol–water partition coefficient (Wildman–Crippen LogP) is 6.75. The molecule has 0 saturated heterocycles. The minimum atomic E-state index is -0.301. The van der Waals surface area contributed by atoms with Crippen molar-refractivity contribution in [3.05, 3.63) is 94.0 Å². The van der Waals surface area contributed by atoms with Crippen LogP contribution in [0.25, 0.3) is 0 Å². The highest BCUT2D eigenvalue weighted by atomic mass is 79.9. The molecule has 0 aliphatic rings. The number of hydrogen-bond donors (Lipinski definition) is 1. The summed E-state index contributed by atoms with van der Waals surface area (Å²) in [6.45, 7) is 3.27. The SMILES string of the molecule is CCCCCCOc1ccccc1C(=O)N/N=C\c1ccc(OCc2ccc(Br)cc2)cc1. The lowest BCUT2D eigenvalue weighted by Gasteiger charge is -2.10. The first kappa shape index (κ1) is 24.5. The van der Waals surface area contributed by atoms with Gasteiger partial charge in [0.1, 0.15) is 18.1 Å². The maximum atomic E-state index is 12.6. The molecule has 172 valence electrons. The van der Waals surface area contributed by atoms with Gasteiger partial charge in [-0.3, -0.25) is 4.79 Å². The lowest BCUT2D eigenvalue weighted by molar-refractivity contribution is 0.0951. The molecule has 3 aromatic carbocycles. The molecule has 0 unspecified atom stereocenters. The third-order valence-electron chi connectivity index (χ3n) is 4.97. The number of hydrogen-bond acceptors (Lipinski definition) is 4. The molecule has 0 heterocycles. The van der Waals surface area contributed by atoms with Gasteiger partial charge >= 0.3 is 0 Å². The van der Waals surface area contributed by atoms with E-state index in [4.69, 9.17) is 9.47 Å². The van der Waals surface area contributed by atoms with E-state index in [-0.39, 0.29) is 5.91 Å². The molecule has 0 aliphatic heterocycles. The summed E-state index contributed by atoms with van der Waals surface area (Å²) in [5, 5.41) is 4.09. The maximum Gasteiger partial charge on any atom is 0.275 e. The fourth-order valence-electron chi connectivity index (χ4n) is 3.11. The number of nitrogens with one attached hydrogen (secondary N) is 1. The summed E-state index contributed by atoms with van der Waals surface area (Å²) in [7, 11) is 0. The molecule has 0 saturated carbocycles. The number of amides is 1. The zero-order valence-electron chi connectivity index (χ0n) is 18.8. The Labute approximate surface area is 204 Å². The van der Waals surface area contributed by atoms with Crippen LogP contribution in [0.4, 0.5) is 0 Å². The molecule has 1 N–H and O–H groups in total. The van der Waals surface area contributed by atoms with Crippen LogP contribution in [0.5, 0.6) is 11.5 Å².